The first-order valence-electron chi connectivity index (χ1n) is 11.6. The Bertz CT molecular complexity index is 1290. The molecule has 2 aromatic heterocycles. The number of ether oxygens (including phenoxy) is 1. The van der Waals surface area contributed by atoms with Crippen LogP contribution in [0, 0.1) is 0 Å². The maximum absolute atomic E-state index is 12.8. The monoisotopic (exact) mass is 485 g/mol. The van der Waals surface area contributed by atoms with Gasteiger partial charge in [0, 0.05) is 30.7 Å². The van der Waals surface area contributed by atoms with Gasteiger partial charge in [-0.25, -0.2) is 9.97 Å². The van der Waals surface area contributed by atoms with Crippen LogP contribution in [0.25, 0.3) is 10.6 Å². The first-order chi connectivity index (χ1) is 17.2. The van der Waals surface area contributed by atoms with Crippen molar-refractivity contribution >= 4 is 34.6 Å². The fourth-order valence-corrected chi connectivity index (χ4v) is 4.86. The van der Waals surface area contributed by atoms with Gasteiger partial charge in [-0.2, -0.15) is 0 Å². The molecular formula is C27H27N5O2S. The second-order valence-electron chi connectivity index (χ2n) is 8.31. The van der Waals surface area contributed by atoms with E-state index >= 15 is 0 Å². The molecule has 3 heterocycles. The van der Waals surface area contributed by atoms with Gasteiger partial charge in [0.25, 0.3) is 5.91 Å². The molecular weight excluding hydrogens is 458 g/mol. The van der Waals surface area contributed by atoms with Crippen molar-refractivity contribution < 1.29 is 9.53 Å². The van der Waals surface area contributed by atoms with Gasteiger partial charge in [-0.05, 0) is 48.9 Å². The van der Waals surface area contributed by atoms with E-state index in [1.165, 1.54) is 11.3 Å². The lowest BCUT2D eigenvalue weighted by atomic mass is 10.1. The molecule has 2 aromatic carbocycles. The maximum Gasteiger partial charge on any atom is 0.261 e. The number of carbonyl (C=O) groups is 1. The highest BCUT2D eigenvalue weighted by molar-refractivity contribution is 7.17. The number of rotatable bonds is 7. The SMILES string of the molecule is CC(NC(=O)c1ccc(-c2ccnc(Nc3cccc(N4CCOCC4)c3)n2)s1)c1ccccc1. The van der Waals surface area contributed by atoms with Crippen LogP contribution in [0.5, 0.6) is 0 Å². The fraction of sp³-hybridized carbons (Fsp3) is 0.222. The van der Waals surface area contributed by atoms with E-state index < -0.39 is 0 Å². The first-order valence-corrected chi connectivity index (χ1v) is 12.5. The molecule has 1 aliphatic heterocycles. The predicted molar refractivity (Wildman–Crippen MR) is 140 cm³/mol. The maximum atomic E-state index is 12.8. The molecule has 0 saturated carbocycles. The minimum atomic E-state index is -0.0927. The van der Waals surface area contributed by atoms with Crippen LogP contribution in [-0.4, -0.2) is 42.2 Å². The van der Waals surface area contributed by atoms with E-state index in [4.69, 9.17) is 4.74 Å². The van der Waals surface area contributed by atoms with Crippen molar-refractivity contribution in [3.05, 3.63) is 89.4 Å². The van der Waals surface area contributed by atoms with E-state index in [-0.39, 0.29) is 11.9 Å². The molecule has 7 nitrogen and oxygen atoms in total. The van der Waals surface area contributed by atoms with Crippen LogP contribution in [0.3, 0.4) is 0 Å². The van der Waals surface area contributed by atoms with Crippen LogP contribution in [0.2, 0.25) is 0 Å². The average molecular weight is 486 g/mol. The van der Waals surface area contributed by atoms with Gasteiger partial charge in [-0.1, -0.05) is 36.4 Å². The number of anilines is 3. The lowest BCUT2D eigenvalue weighted by molar-refractivity contribution is 0.0944. The van der Waals surface area contributed by atoms with Crippen molar-refractivity contribution in [3.8, 4) is 10.6 Å². The second kappa shape index (κ2) is 10.7. The molecule has 1 amide bonds. The van der Waals surface area contributed by atoms with Gasteiger partial charge in [0.1, 0.15) is 0 Å². The third kappa shape index (κ3) is 5.67. The zero-order valence-corrected chi connectivity index (χ0v) is 20.3. The summed E-state index contributed by atoms with van der Waals surface area (Å²) in [5, 5.41) is 6.38. The van der Waals surface area contributed by atoms with Gasteiger partial charge >= 0.3 is 0 Å². The van der Waals surface area contributed by atoms with E-state index in [1.807, 2.05) is 67.6 Å². The summed E-state index contributed by atoms with van der Waals surface area (Å²) in [5.74, 6) is 0.420. The number of nitrogens with zero attached hydrogens (tertiary/aromatic N) is 3. The molecule has 0 bridgehead atoms. The van der Waals surface area contributed by atoms with Crippen molar-refractivity contribution in [1.29, 1.82) is 0 Å². The van der Waals surface area contributed by atoms with Crippen LogP contribution < -0.4 is 15.5 Å². The van der Waals surface area contributed by atoms with Crippen LogP contribution in [0.1, 0.15) is 28.2 Å². The molecule has 1 unspecified atom stereocenters. The Balaban J connectivity index is 1.27. The number of amides is 1. The Hall–Kier alpha value is -3.75. The third-order valence-electron chi connectivity index (χ3n) is 5.86. The Kier molecular flexibility index (Phi) is 7.02. The highest BCUT2D eigenvalue weighted by atomic mass is 32.1. The Morgan fingerprint density at radius 3 is 2.69 bits per heavy atom. The van der Waals surface area contributed by atoms with Crippen molar-refractivity contribution in [2.75, 3.05) is 36.5 Å². The number of hydrogen-bond acceptors (Lipinski definition) is 7. The van der Waals surface area contributed by atoms with Gasteiger partial charge in [0.15, 0.2) is 0 Å². The van der Waals surface area contributed by atoms with Crippen molar-refractivity contribution in [2.24, 2.45) is 0 Å². The molecule has 0 aliphatic carbocycles. The largest absolute Gasteiger partial charge is 0.378 e. The molecule has 178 valence electrons. The van der Waals surface area contributed by atoms with Gasteiger partial charge < -0.3 is 20.3 Å². The van der Waals surface area contributed by atoms with E-state index in [2.05, 4.69) is 37.6 Å². The summed E-state index contributed by atoms with van der Waals surface area (Å²) >= 11 is 1.42. The summed E-state index contributed by atoms with van der Waals surface area (Å²) in [5.41, 5.74) is 3.91. The summed E-state index contributed by atoms with van der Waals surface area (Å²) in [4.78, 5) is 25.7. The third-order valence-corrected chi connectivity index (χ3v) is 6.97. The highest BCUT2D eigenvalue weighted by Gasteiger charge is 2.15. The smallest absolute Gasteiger partial charge is 0.261 e. The molecule has 1 fully saturated rings. The Morgan fingerprint density at radius 2 is 1.86 bits per heavy atom. The number of nitrogens with one attached hydrogen (secondary N) is 2. The van der Waals surface area contributed by atoms with E-state index in [0.29, 0.717) is 10.8 Å². The molecule has 0 radical (unpaired) electrons. The zero-order chi connectivity index (χ0) is 24.0. The number of benzene rings is 2. The topological polar surface area (TPSA) is 79.4 Å². The normalized spacial score (nSPS) is 14.4. The van der Waals surface area contributed by atoms with Crippen LogP contribution >= 0.6 is 11.3 Å². The van der Waals surface area contributed by atoms with Crippen LogP contribution in [-0.2, 0) is 4.74 Å². The van der Waals surface area contributed by atoms with Crippen molar-refractivity contribution in [1.82, 2.24) is 15.3 Å². The predicted octanol–water partition coefficient (Wildman–Crippen LogP) is 5.28. The molecule has 35 heavy (non-hydrogen) atoms. The molecule has 1 atom stereocenters. The molecule has 2 N–H and O–H groups in total. The minimum absolute atomic E-state index is 0.0719. The van der Waals surface area contributed by atoms with Gasteiger partial charge in [-0.15, -0.1) is 11.3 Å². The summed E-state index contributed by atoms with van der Waals surface area (Å²) in [6.45, 7) is 5.24. The number of thiophene rings is 1. The summed E-state index contributed by atoms with van der Waals surface area (Å²) < 4.78 is 5.46. The van der Waals surface area contributed by atoms with Crippen LogP contribution in [0.4, 0.5) is 17.3 Å². The summed E-state index contributed by atoms with van der Waals surface area (Å²) in [7, 11) is 0. The van der Waals surface area contributed by atoms with Crippen molar-refractivity contribution in [3.63, 3.8) is 0 Å². The first kappa shape index (κ1) is 23.0. The van der Waals surface area contributed by atoms with Crippen molar-refractivity contribution in [2.45, 2.75) is 13.0 Å². The minimum Gasteiger partial charge on any atom is -0.378 e. The standard InChI is InChI=1S/C27H27N5O2S/c1-19(20-6-3-2-4-7-20)29-26(33)25-11-10-24(35-25)23-12-13-28-27(31-23)30-21-8-5-9-22(18-21)32-14-16-34-17-15-32/h2-13,18-19H,14-17H2,1H3,(H,29,33)(H,28,30,31). The average Bonchev–Trinajstić information content (AvgIpc) is 3.41. The van der Waals surface area contributed by atoms with E-state index in [9.17, 15) is 4.79 Å². The molecule has 4 aromatic rings. The van der Waals surface area contributed by atoms with E-state index in [1.54, 1.807) is 6.20 Å². The number of hydrogen-bond donors (Lipinski definition) is 2. The second-order valence-corrected chi connectivity index (χ2v) is 9.39. The molecule has 1 aliphatic rings. The summed E-state index contributed by atoms with van der Waals surface area (Å²) in [6, 6.07) is 23.7. The molecule has 0 spiro atoms. The number of carbonyl (C=O) groups excluding carboxylic acids is 1. The molecule has 5 rings (SSSR count). The Labute approximate surface area is 208 Å². The number of aromatic nitrogens is 2. The van der Waals surface area contributed by atoms with Gasteiger partial charge in [0.05, 0.1) is 34.7 Å². The van der Waals surface area contributed by atoms with E-state index in [0.717, 1.165) is 53.8 Å². The number of morpholine rings is 1. The summed E-state index contributed by atoms with van der Waals surface area (Å²) in [6.07, 6.45) is 1.73. The van der Waals surface area contributed by atoms with Gasteiger partial charge in [-0.3, -0.25) is 4.79 Å². The molecule has 8 heteroatoms. The molecule has 1 saturated heterocycles. The zero-order valence-electron chi connectivity index (χ0n) is 19.5. The quantitative estimate of drug-likeness (QED) is 0.371. The van der Waals surface area contributed by atoms with Crippen LogP contribution in [0.15, 0.2) is 79.0 Å². The lowest BCUT2D eigenvalue weighted by Crippen LogP contribution is -2.36. The Morgan fingerprint density at radius 1 is 1.03 bits per heavy atom. The fourth-order valence-electron chi connectivity index (χ4n) is 3.98. The van der Waals surface area contributed by atoms with Gasteiger partial charge in [0.2, 0.25) is 5.95 Å². The highest BCUT2D eigenvalue weighted by Crippen LogP contribution is 2.28. The lowest BCUT2D eigenvalue weighted by Gasteiger charge is -2.29.